The molecule has 8 heteroatoms. The van der Waals surface area contributed by atoms with E-state index in [4.69, 9.17) is 9.47 Å². The lowest BCUT2D eigenvalue weighted by Crippen LogP contribution is -2.16. The molecule has 1 amide bonds. The number of hydrogen-bond acceptors (Lipinski definition) is 6. The molecule has 0 bridgehead atoms. The second kappa shape index (κ2) is 10.5. The number of benzene rings is 1. The van der Waals surface area contributed by atoms with Gasteiger partial charge in [0.1, 0.15) is 9.88 Å². The number of rotatable bonds is 7. The van der Waals surface area contributed by atoms with E-state index in [0.717, 1.165) is 21.4 Å². The number of thiophene rings is 1. The van der Waals surface area contributed by atoms with Crippen molar-refractivity contribution in [3.63, 3.8) is 0 Å². The lowest BCUT2D eigenvalue weighted by molar-refractivity contribution is -0.111. The van der Waals surface area contributed by atoms with Gasteiger partial charge >= 0.3 is 11.9 Å². The topological polar surface area (TPSA) is 81.7 Å². The van der Waals surface area contributed by atoms with E-state index < -0.39 is 17.8 Å². The van der Waals surface area contributed by atoms with Crippen LogP contribution in [0.3, 0.4) is 0 Å². The highest BCUT2D eigenvalue weighted by Crippen LogP contribution is 2.34. The Hall–Kier alpha value is -2.45. The smallest absolute Gasteiger partial charge is 0.348 e. The van der Waals surface area contributed by atoms with E-state index in [1.54, 1.807) is 40.7 Å². The van der Waals surface area contributed by atoms with E-state index in [2.05, 4.69) is 21.2 Å². The van der Waals surface area contributed by atoms with Crippen LogP contribution in [0.4, 0.5) is 5.00 Å². The molecular weight excluding hydrogens is 470 g/mol. The van der Waals surface area contributed by atoms with Gasteiger partial charge in [0.15, 0.2) is 0 Å². The number of hydrogen-bond donors (Lipinski definition) is 1. The summed E-state index contributed by atoms with van der Waals surface area (Å²) in [7, 11) is 0. The van der Waals surface area contributed by atoms with Crippen LogP contribution >= 0.6 is 27.3 Å². The first-order valence-electron chi connectivity index (χ1n) is 9.38. The van der Waals surface area contributed by atoms with Crippen molar-refractivity contribution in [2.75, 3.05) is 5.32 Å². The Morgan fingerprint density at radius 2 is 1.57 bits per heavy atom. The number of halogens is 1. The third kappa shape index (κ3) is 6.53. The Labute approximate surface area is 188 Å². The molecule has 1 heterocycles. The minimum atomic E-state index is -0.602. The maximum atomic E-state index is 12.6. The molecular formula is C22H24BrNO5S. The molecule has 1 aromatic heterocycles. The molecule has 0 spiro atoms. The van der Waals surface area contributed by atoms with Crippen molar-refractivity contribution in [1.29, 1.82) is 0 Å². The Bertz CT molecular complexity index is 961. The van der Waals surface area contributed by atoms with E-state index >= 15 is 0 Å². The van der Waals surface area contributed by atoms with Crippen LogP contribution in [0.5, 0.6) is 0 Å². The first-order valence-corrected chi connectivity index (χ1v) is 11.0. The second-order valence-electron chi connectivity index (χ2n) is 7.04. The summed E-state index contributed by atoms with van der Waals surface area (Å²) in [5.41, 5.74) is 1.43. The molecule has 0 aliphatic heterocycles. The molecule has 0 saturated carbocycles. The minimum absolute atomic E-state index is 0.162. The van der Waals surface area contributed by atoms with Crippen molar-refractivity contribution >= 4 is 56.2 Å². The van der Waals surface area contributed by atoms with Crippen molar-refractivity contribution in [2.24, 2.45) is 0 Å². The average Bonchev–Trinajstić information content (AvgIpc) is 2.96. The van der Waals surface area contributed by atoms with Crippen LogP contribution in [0, 0.1) is 6.92 Å². The molecule has 160 valence electrons. The lowest BCUT2D eigenvalue weighted by Gasteiger charge is -2.10. The summed E-state index contributed by atoms with van der Waals surface area (Å²) in [4.78, 5) is 37.7. The fourth-order valence-corrected chi connectivity index (χ4v) is 3.83. The molecule has 0 fully saturated rings. The first-order chi connectivity index (χ1) is 14.1. The summed E-state index contributed by atoms with van der Waals surface area (Å²) in [5, 5.41) is 2.94. The number of carbonyl (C=O) groups is 3. The van der Waals surface area contributed by atoms with Crippen LogP contribution in [-0.2, 0) is 14.3 Å². The highest BCUT2D eigenvalue weighted by atomic mass is 79.9. The van der Waals surface area contributed by atoms with E-state index in [9.17, 15) is 14.4 Å². The molecule has 1 N–H and O–H groups in total. The third-order valence-corrected chi connectivity index (χ3v) is 5.47. The second-order valence-corrected chi connectivity index (χ2v) is 8.98. The number of anilines is 1. The van der Waals surface area contributed by atoms with Crippen LogP contribution in [0.1, 0.15) is 58.9 Å². The lowest BCUT2D eigenvalue weighted by atomic mass is 10.1. The van der Waals surface area contributed by atoms with Gasteiger partial charge in [0.2, 0.25) is 5.91 Å². The van der Waals surface area contributed by atoms with E-state index in [-0.39, 0.29) is 27.6 Å². The number of carbonyl (C=O) groups excluding carboxylic acids is 3. The molecule has 0 radical (unpaired) electrons. The highest BCUT2D eigenvalue weighted by molar-refractivity contribution is 9.10. The van der Waals surface area contributed by atoms with Crippen molar-refractivity contribution in [1.82, 2.24) is 0 Å². The molecule has 0 aliphatic carbocycles. The number of amides is 1. The fraction of sp³-hybridized carbons (Fsp3) is 0.318. The van der Waals surface area contributed by atoms with Gasteiger partial charge in [0, 0.05) is 10.5 Å². The molecule has 0 atom stereocenters. The minimum Gasteiger partial charge on any atom is -0.459 e. The Morgan fingerprint density at radius 1 is 1.00 bits per heavy atom. The molecule has 0 saturated heterocycles. The molecule has 30 heavy (non-hydrogen) atoms. The largest absolute Gasteiger partial charge is 0.459 e. The predicted molar refractivity (Wildman–Crippen MR) is 122 cm³/mol. The van der Waals surface area contributed by atoms with Gasteiger partial charge in [-0.25, -0.2) is 9.59 Å². The zero-order valence-corrected chi connectivity index (χ0v) is 19.8. The van der Waals surface area contributed by atoms with Crippen LogP contribution < -0.4 is 5.32 Å². The maximum Gasteiger partial charge on any atom is 0.348 e. The van der Waals surface area contributed by atoms with Gasteiger partial charge in [0.25, 0.3) is 0 Å². The monoisotopic (exact) mass is 493 g/mol. The molecule has 6 nitrogen and oxygen atoms in total. The number of esters is 2. The maximum absolute atomic E-state index is 12.6. The van der Waals surface area contributed by atoms with Crippen molar-refractivity contribution in [2.45, 2.75) is 46.8 Å². The summed E-state index contributed by atoms with van der Waals surface area (Å²) < 4.78 is 11.5. The van der Waals surface area contributed by atoms with Gasteiger partial charge in [0.05, 0.1) is 17.8 Å². The summed E-state index contributed by atoms with van der Waals surface area (Å²) in [6.45, 7) is 8.58. The summed E-state index contributed by atoms with van der Waals surface area (Å²) in [5.74, 6) is -1.58. The van der Waals surface area contributed by atoms with E-state index in [1.165, 1.54) is 6.08 Å². The quantitative estimate of drug-likeness (QED) is 0.400. The van der Waals surface area contributed by atoms with Crippen molar-refractivity contribution in [3.05, 3.63) is 56.4 Å². The van der Waals surface area contributed by atoms with Gasteiger partial charge < -0.3 is 14.8 Å². The molecule has 2 rings (SSSR count). The van der Waals surface area contributed by atoms with Crippen LogP contribution in [0.25, 0.3) is 6.08 Å². The van der Waals surface area contributed by atoms with Gasteiger partial charge in [-0.05, 0) is 64.0 Å². The average molecular weight is 494 g/mol. The van der Waals surface area contributed by atoms with Crippen LogP contribution in [0.15, 0.2) is 34.8 Å². The fourth-order valence-electron chi connectivity index (χ4n) is 2.48. The normalized spacial score (nSPS) is 11.2. The predicted octanol–water partition coefficient (Wildman–Crippen LogP) is 5.60. The zero-order chi connectivity index (χ0) is 22.4. The van der Waals surface area contributed by atoms with Gasteiger partial charge in [-0.2, -0.15) is 0 Å². The Kier molecular flexibility index (Phi) is 8.37. The van der Waals surface area contributed by atoms with Crippen LogP contribution in [-0.4, -0.2) is 30.1 Å². The van der Waals surface area contributed by atoms with Gasteiger partial charge in [-0.3, -0.25) is 4.79 Å². The number of ether oxygens (including phenoxy) is 2. The van der Waals surface area contributed by atoms with Crippen molar-refractivity contribution < 1.29 is 23.9 Å². The highest BCUT2D eigenvalue weighted by Gasteiger charge is 2.28. The zero-order valence-electron chi connectivity index (χ0n) is 17.4. The number of nitrogens with one attached hydrogen (secondary N) is 1. The van der Waals surface area contributed by atoms with E-state index in [1.807, 2.05) is 24.3 Å². The third-order valence-electron chi connectivity index (χ3n) is 3.76. The first kappa shape index (κ1) is 23.8. The van der Waals surface area contributed by atoms with Gasteiger partial charge in [-0.1, -0.05) is 28.1 Å². The summed E-state index contributed by atoms with van der Waals surface area (Å²) in [6, 6.07) is 7.45. The van der Waals surface area contributed by atoms with Gasteiger partial charge in [-0.15, -0.1) is 11.3 Å². The molecule has 1 aromatic carbocycles. The standard InChI is InChI=1S/C22H24BrNO5S/c1-12(2)28-21(26)18-14(5)19(22(27)29-13(3)4)30-20(18)24-17(25)11-8-15-6-9-16(23)10-7-15/h6-13H,1-5H3,(H,24,25). The Morgan fingerprint density at radius 3 is 2.13 bits per heavy atom. The molecule has 2 aromatic rings. The molecule has 0 unspecified atom stereocenters. The van der Waals surface area contributed by atoms with E-state index in [0.29, 0.717) is 5.56 Å². The van der Waals surface area contributed by atoms with Crippen LogP contribution in [0.2, 0.25) is 0 Å². The van der Waals surface area contributed by atoms with Crippen molar-refractivity contribution in [3.8, 4) is 0 Å². The Balaban J connectivity index is 2.31. The SMILES string of the molecule is Cc1c(C(=O)OC(C)C)sc(NC(=O)C=Cc2ccc(Br)cc2)c1C(=O)OC(C)C. The molecule has 0 aliphatic rings. The summed E-state index contributed by atoms with van der Waals surface area (Å²) in [6.07, 6.45) is 2.37. The summed E-state index contributed by atoms with van der Waals surface area (Å²) >= 11 is 4.36.